The van der Waals surface area contributed by atoms with Crippen molar-refractivity contribution in [2.75, 3.05) is 5.32 Å². The summed E-state index contributed by atoms with van der Waals surface area (Å²) in [4.78, 5) is 26.6. The van der Waals surface area contributed by atoms with E-state index < -0.39 is 0 Å². The third-order valence-corrected chi connectivity index (χ3v) is 7.51. The zero-order chi connectivity index (χ0) is 28.0. The van der Waals surface area contributed by atoms with E-state index in [1.165, 1.54) is 11.6 Å². The molecule has 0 saturated heterocycles. The largest absolute Gasteiger partial charge is 0.340 e. The van der Waals surface area contributed by atoms with Crippen LogP contribution in [0, 0.1) is 0 Å². The van der Waals surface area contributed by atoms with Gasteiger partial charge in [0.25, 0.3) is 5.78 Å². The second-order valence-corrected chi connectivity index (χ2v) is 10.8. The normalized spacial score (nSPS) is 11.2. The van der Waals surface area contributed by atoms with Gasteiger partial charge in [-0.05, 0) is 70.0 Å². The van der Waals surface area contributed by atoms with Gasteiger partial charge < -0.3 is 5.32 Å². The number of hydrogen-bond donors (Lipinski definition) is 1. The predicted molar refractivity (Wildman–Crippen MR) is 167 cm³/mol. The molecule has 3 aromatic heterocycles. The van der Waals surface area contributed by atoms with Gasteiger partial charge in [-0.3, -0.25) is 4.79 Å². The Morgan fingerprint density at radius 1 is 0.854 bits per heavy atom. The number of hydrogen-bond acceptors (Lipinski definition) is 7. The molecule has 0 unspecified atom stereocenters. The second kappa shape index (κ2) is 12.3. The van der Waals surface area contributed by atoms with E-state index in [2.05, 4.69) is 38.4 Å². The summed E-state index contributed by atoms with van der Waals surface area (Å²) >= 11 is 4.91. The SMILES string of the molecule is O=C(/C=C/c1cccc(Br)n1)c1ccc(Nc2cc(-c3ccccc3)nc3nc(SCc4ccccc4)nn23)cc1. The molecule has 0 radical (unpaired) electrons. The molecule has 0 aliphatic carbocycles. The number of carbonyl (C=O) groups is 1. The number of halogens is 1. The van der Waals surface area contributed by atoms with Crippen molar-refractivity contribution in [2.24, 2.45) is 0 Å². The molecule has 200 valence electrons. The van der Waals surface area contributed by atoms with Gasteiger partial charge in [-0.25, -0.2) is 9.97 Å². The Hall–Kier alpha value is -4.60. The third-order valence-electron chi connectivity index (χ3n) is 6.16. The topological polar surface area (TPSA) is 85.1 Å². The summed E-state index contributed by atoms with van der Waals surface area (Å²) in [5.41, 5.74) is 5.05. The minimum absolute atomic E-state index is 0.104. The van der Waals surface area contributed by atoms with Crippen molar-refractivity contribution in [3.05, 3.63) is 137 Å². The number of rotatable bonds is 9. The van der Waals surface area contributed by atoms with Crippen LogP contribution in [0.1, 0.15) is 21.6 Å². The quantitative estimate of drug-likeness (QED) is 0.0763. The number of ketones is 1. The lowest BCUT2D eigenvalue weighted by molar-refractivity contribution is 0.104. The molecule has 1 N–H and O–H groups in total. The van der Waals surface area contributed by atoms with E-state index >= 15 is 0 Å². The van der Waals surface area contributed by atoms with E-state index in [9.17, 15) is 4.79 Å². The van der Waals surface area contributed by atoms with Gasteiger partial charge in [0.1, 0.15) is 10.4 Å². The summed E-state index contributed by atoms with van der Waals surface area (Å²) in [6.45, 7) is 0. The molecule has 3 heterocycles. The van der Waals surface area contributed by atoms with Crippen molar-refractivity contribution >= 4 is 56.8 Å². The number of carbonyl (C=O) groups excluding carboxylic acids is 1. The van der Waals surface area contributed by atoms with Crippen LogP contribution in [0.4, 0.5) is 11.5 Å². The maximum absolute atomic E-state index is 12.7. The summed E-state index contributed by atoms with van der Waals surface area (Å²) in [5.74, 6) is 1.87. The average Bonchev–Trinajstić information content (AvgIpc) is 3.44. The highest BCUT2D eigenvalue weighted by Crippen LogP contribution is 2.27. The van der Waals surface area contributed by atoms with Gasteiger partial charge in [0.05, 0.1) is 11.4 Å². The van der Waals surface area contributed by atoms with E-state index in [0.717, 1.165) is 27.3 Å². The number of fused-ring (bicyclic) bond motifs is 1. The van der Waals surface area contributed by atoms with Crippen LogP contribution in [-0.4, -0.2) is 30.3 Å². The molecule has 0 aliphatic rings. The first-order valence-corrected chi connectivity index (χ1v) is 14.6. The van der Waals surface area contributed by atoms with E-state index in [1.54, 1.807) is 34.5 Å². The Balaban J connectivity index is 1.26. The van der Waals surface area contributed by atoms with Crippen molar-refractivity contribution in [3.63, 3.8) is 0 Å². The molecular weight excluding hydrogens is 596 g/mol. The first kappa shape index (κ1) is 26.6. The highest BCUT2D eigenvalue weighted by atomic mass is 79.9. The minimum Gasteiger partial charge on any atom is -0.340 e. The van der Waals surface area contributed by atoms with Crippen molar-refractivity contribution in [3.8, 4) is 11.3 Å². The summed E-state index contributed by atoms with van der Waals surface area (Å²) in [6, 6.07) is 35.0. The van der Waals surface area contributed by atoms with Crippen molar-refractivity contribution in [1.29, 1.82) is 0 Å². The van der Waals surface area contributed by atoms with Crippen molar-refractivity contribution in [1.82, 2.24) is 24.6 Å². The molecule has 0 saturated carbocycles. The zero-order valence-corrected chi connectivity index (χ0v) is 24.1. The highest BCUT2D eigenvalue weighted by molar-refractivity contribution is 9.10. The van der Waals surface area contributed by atoms with Gasteiger partial charge in [-0.2, -0.15) is 9.50 Å². The van der Waals surface area contributed by atoms with Gasteiger partial charge in [0.2, 0.25) is 5.16 Å². The lowest BCUT2D eigenvalue weighted by atomic mass is 10.1. The van der Waals surface area contributed by atoms with Crippen LogP contribution in [0.25, 0.3) is 23.1 Å². The third kappa shape index (κ3) is 6.59. The minimum atomic E-state index is -0.104. The van der Waals surface area contributed by atoms with Crippen LogP contribution in [0.3, 0.4) is 0 Å². The zero-order valence-electron chi connectivity index (χ0n) is 21.7. The summed E-state index contributed by atoms with van der Waals surface area (Å²) in [6.07, 6.45) is 3.23. The van der Waals surface area contributed by atoms with Crippen molar-refractivity contribution < 1.29 is 4.79 Å². The summed E-state index contributed by atoms with van der Waals surface area (Å²) in [7, 11) is 0. The van der Waals surface area contributed by atoms with Crippen LogP contribution < -0.4 is 5.32 Å². The maximum Gasteiger partial charge on any atom is 0.255 e. The first-order valence-electron chi connectivity index (χ1n) is 12.8. The lowest BCUT2D eigenvalue weighted by Crippen LogP contribution is -2.03. The second-order valence-electron chi connectivity index (χ2n) is 9.06. The Labute approximate surface area is 249 Å². The molecule has 41 heavy (non-hydrogen) atoms. The standard InChI is InChI=1S/C32H23BrN6OS/c33-29-13-7-12-25(34-29)18-19-28(40)24-14-16-26(17-15-24)35-30-20-27(23-10-5-2-6-11-23)36-31-37-32(38-39(30)31)41-21-22-8-3-1-4-9-22/h1-20,35H,21H2/b19-18+. The molecule has 0 bridgehead atoms. The number of nitrogens with one attached hydrogen (secondary N) is 1. The molecule has 3 aromatic carbocycles. The molecule has 7 nitrogen and oxygen atoms in total. The number of anilines is 2. The number of pyridine rings is 1. The predicted octanol–water partition coefficient (Wildman–Crippen LogP) is 7.88. The number of aromatic nitrogens is 5. The van der Waals surface area contributed by atoms with E-state index in [1.807, 2.05) is 84.9 Å². The molecule has 0 aliphatic heterocycles. The Bertz CT molecular complexity index is 1840. The van der Waals surface area contributed by atoms with E-state index in [0.29, 0.717) is 28.0 Å². The molecule has 6 rings (SSSR count). The number of thioether (sulfide) groups is 1. The molecule has 6 aromatic rings. The fourth-order valence-electron chi connectivity index (χ4n) is 4.12. The maximum atomic E-state index is 12.7. The highest BCUT2D eigenvalue weighted by Gasteiger charge is 2.14. The average molecular weight is 620 g/mol. The Morgan fingerprint density at radius 2 is 1.61 bits per heavy atom. The summed E-state index contributed by atoms with van der Waals surface area (Å²) in [5, 5.41) is 8.82. The number of allylic oxidation sites excluding steroid dienone is 1. The summed E-state index contributed by atoms with van der Waals surface area (Å²) < 4.78 is 2.43. The van der Waals surface area contributed by atoms with Gasteiger partial charge in [0.15, 0.2) is 5.78 Å². The molecule has 0 amide bonds. The molecule has 0 spiro atoms. The van der Waals surface area contributed by atoms with E-state index in [-0.39, 0.29) is 5.78 Å². The van der Waals surface area contributed by atoms with Gasteiger partial charge >= 0.3 is 0 Å². The lowest BCUT2D eigenvalue weighted by Gasteiger charge is -2.10. The van der Waals surface area contributed by atoms with Crippen molar-refractivity contribution in [2.45, 2.75) is 10.9 Å². The Morgan fingerprint density at radius 3 is 2.37 bits per heavy atom. The smallest absolute Gasteiger partial charge is 0.255 e. The van der Waals surface area contributed by atoms with Crippen LogP contribution in [0.5, 0.6) is 0 Å². The fourth-order valence-corrected chi connectivity index (χ4v) is 5.25. The van der Waals surface area contributed by atoms with Crippen LogP contribution in [0.15, 0.2) is 125 Å². The van der Waals surface area contributed by atoms with E-state index in [4.69, 9.17) is 15.1 Å². The number of nitrogens with zero attached hydrogens (tertiary/aromatic N) is 5. The first-order chi connectivity index (χ1) is 20.1. The molecular formula is C32H23BrN6OS. The van der Waals surface area contributed by atoms with Crippen LogP contribution >= 0.6 is 27.7 Å². The molecule has 0 atom stereocenters. The molecule has 9 heteroatoms. The van der Waals surface area contributed by atoms with Gasteiger partial charge in [-0.15, -0.1) is 5.10 Å². The van der Waals surface area contributed by atoms with Crippen LogP contribution in [-0.2, 0) is 5.75 Å². The number of benzene rings is 3. The molecule has 0 fully saturated rings. The van der Waals surface area contributed by atoms with Gasteiger partial charge in [0, 0.05) is 28.6 Å². The monoisotopic (exact) mass is 618 g/mol. The fraction of sp³-hybridized carbons (Fsp3) is 0.0312. The van der Waals surface area contributed by atoms with Gasteiger partial charge in [-0.1, -0.05) is 78.5 Å². The van der Waals surface area contributed by atoms with Crippen LogP contribution in [0.2, 0.25) is 0 Å². The Kier molecular flexibility index (Phi) is 7.97.